The molecule has 2 aromatic rings. The maximum atomic E-state index is 7.50. The molecular weight excluding hydrogens is 244 g/mol. The minimum Gasteiger partial charge on any atom is -0.214 e. The van der Waals surface area contributed by atoms with Crippen molar-refractivity contribution in [2.24, 2.45) is 0 Å². The Morgan fingerprint density at radius 3 is 1.00 bits per heavy atom. The van der Waals surface area contributed by atoms with Gasteiger partial charge >= 0.3 is 11.3 Å². The van der Waals surface area contributed by atoms with E-state index in [1.165, 1.54) is 0 Å². The van der Waals surface area contributed by atoms with Gasteiger partial charge in [0.05, 0.1) is 0 Å². The van der Waals surface area contributed by atoms with Crippen LogP contribution in [0, 0.1) is 6.65 Å². The Kier molecular flexibility index (Phi) is 15.4. The second-order valence-electron chi connectivity index (χ2n) is 1.92. The van der Waals surface area contributed by atoms with Crippen LogP contribution in [-0.2, 0) is 25.7 Å². The third-order valence-corrected chi connectivity index (χ3v) is 1.11. The smallest absolute Gasteiger partial charge is 0 e. The van der Waals surface area contributed by atoms with E-state index in [0.29, 0.717) is 0 Å². The largest absolute Gasteiger partial charge is 0.214 e. The summed E-state index contributed by atoms with van der Waals surface area (Å²) >= 11 is 0. The van der Waals surface area contributed by atoms with Crippen molar-refractivity contribution in [1.82, 2.24) is 0 Å². The molecular formula is C11H10MoO-2. The molecule has 0 radical (unpaired) electrons. The van der Waals surface area contributed by atoms with Gasteiger partial charge in [-0.2, -0.15) is 36.4 Å². The minimum absolute atomic E-state index is 0. The molecule has 68 valence electrons. The predicted molar refractivity (Wildman–Crippen MR) is 48.0 cm³/mol. The molecule has 2 rings (SSSR count). The van der Waals surface area contributed by atoms with E-state index in [2.05, 4.69) is 6.65 Å². The van der Waals surface area contributed by atoms with Crippen molar-refractivity contribution < 1.29 is 25.7 Å². The van der Waals surface area contributed by atoms with Gasteiger partial charge in [-0.05, 0) is 0 Å². The van der Waals surface area contributed by atoms with Gasteiger partial charge in [0, 0.05) is 21.1 Å². The topological polar surface area (TPSA) is 19.9 Å². The Bertz CT molecular complexity index is 182. The molecule has 0 saturated carbocycles. The summed E-state index contributed by atoms with van der Waals surface area (Å²) in [5.41, 5.74) is 0. The van der Waals surface area contributed by atoms with Crippen molar-refractivity contribution in [3.05, 3.63) is 67.3 Å². The normalized spacial score (nSPS) is 6.31. The first-order chi connectivity index (χ1) is 6.00. The molecule has 0 aliphatic heterocycles. The molecule has 0 heterocycles. The van der Waals surface area contributed by atoms with Crippen molar-refractivity contribution in [1.29, 1.82) is 0 Å². The molecule has 2 aromatic carbocycles. The van der Waals surface area contributed by atoms with Gasteiger partial charge in [-0.3, -0.25) is 0 Å². The van der Waals surface area contributed by atoms with Gasteiger partial charge in [-0.15, -0.1) is 0 Å². The van der Waals surface area contributed by atoms with Crippen molar-refractivity contribution in [2.45, 2.75) is 0 Å². The Morgan fingerprint density at radius 1 is 0.692 bits per heavy atom. The van der Waals surface area contributed by atoms with E-state index in [4.69, 9.17) is 4.65 Å². The molecule has 2 heteroatoms. The monoisotopic (exact) mass is 256 g/mol. The Labute approximate surface area is 93.1 Å². The first kappa shape index (κ1) is 14.6. The molecule has 0 bridgehead atoms. The summed E-state index contributed by atoms with van der Waals surface area (Å²) in [4.78, 5) is 0. The first-order valence-corrected chi connectivity index (χ1v) is 3.54. The number of rotatable bonds is 0. The van der Waals surface area contributed by atoms with Crippen molar-refractivity contribution in [3.8, 4) is 0 Å². The van der Waals surface area contributed by atoms with Crippen LogP contribution in [0.1, 0.15) is 0 Å². The van der Waals surface area contributed by atoms with E-state index in [1.807, 2.05) is 60.7 Å². The zero-order valence-electron chi connectivity index (χ0n) is 7.09. The van der Waals surface area contributed by atoms with Gasteiger partial charge < -0.3 is 0 Å². The summed E-state index contributed by atoms with van der Waals surface area (Å²) in [6, 6.07) is 20.0. The summed E-state index contributed by atoms with van der Waals surface area (Å²) in [5.74, 6) is 0. The maximum Gasteiger partial charge on any atom is 0 e. The van der Waals surface area contributed by atoms with E-state index < -0.39 is 0 Å². The third-order valence-electron chi connectivity index (χ3n) is 1.11. The molecule has 0 N–H and O–H groups in total. The molecule has 0 saturated heterocycles. The van der Waals surface area contributed by atoms with Crippen LogP contribution in [0.15, 0.2) is 60.7 Å². The van der Waals surface area contributed by atoms with Crippen molar-refractivity contribution in [2.75, 3.05) is 0 Å². The van der Waals surface area contributed by atoms with Crippen LogP contribution in [0.2, 0.25) is 0 Å². The van der Waals surface area contributed by atoms with Crippen LogP contribution in [-0.4, -0.2) is 0 Å². The fourth-order valence-electron chi connectivity index (χ4n) is 0.642. The average molecular weight is 254 g/mol. The van der Waals surface area contributed by atoms with Gasteiger partial charge in [0.25, 0.3) is 0 Å². The summed E-state index contributed by atoms with van der Waals surface area (Å²) in [6.07, 6.45) is 0. The fraction of sp³-hybridized carbons (Fsp3) is 0. The fourth-order valence-corrected chi connectivity index (χ4v) is 0.642. The second kappa shape index (κ2) is 13.7. The van der Waals surface area contributed by atoms with Crippen LogP contribution in [0.3, 0.4) is 0 Å². The second-order valence-corrected chi connectivity index (χ2v) is 1.92. The predicted octanol–water partition coefficient (Wildman–Crippen LogP) is 2.77. The molecule has 0 aromatic heterocycles. The van der Waals surface area contributed by atoms with Crippen molar-refractivity contribution in [3.63, 3.8) is 0 Å². The average Bonchev–Trinajstić information content (AvgIpc) is 2.87. The van der Waals surface area contributed by atoms with Crippen molar-refractivity contribution >= 4 is 0 Å². The van der Waals surface area contributed by atoms with E-state index in [9.17, 15) is 0 Å². The summed E-state index contributed by atoms with van der Waals surface area (Å²) in [7, 11) is 0. The summed E-state index contributed by atoms with van der Waals surface area (Å²) in [5, 5.41) is 0. The molecule has 13 heavy (non-hydrogen) atoms. The number of hydrogen-bond acceptors (Lipinski definition) is 0. The zero-order valence-corrected chi connectivity index (χ0v) is 9.10. The standard InChI is InChI=1S/2C5H5.CO.Mo/c2*1-2-4-5-3-1;1-2;/h2*1-5H;;/q2*-1;;. The van der Waals surface area contributed by atoms with Gasteiger partial charge in [0.1, 0.15) is 0 Å². The molecule has 1 nitrogen and oxygen atoms in total. The van der Waals surface area contributed by atoms with Crippen LogP contribution in [0.5, 0.6) is 0 Å². The first-order valence-electron chi connectivity index (χ1n) is 3.54. The van der Waals surface area contributed by atoms with Crippen LogP contribution >= 0.6 is 0 Å². The maximum absolute atomic E-state index is 7.50. The molecule has 0 aliphatic carbocycles. The molecule has 0 atom stereocenters. The Morgan fingerprint density at radius 2 is 0.923 bits per heavy atom. The van der Waals surface area contributed by atoms with Gasteiger partial charge in [0.2, 0.25) is 0 Å². The number of hydrogen-bond donors (Lipinski definition) is 0. The minimum atomic E-state index is 0. The SMILES string of the molecule is [C-]#[O+].[Mo].c1cc[cH-]c1.c1cc[cH-]c1. The summed E-state index contributed by atoms with van der Waals surface area (Å²) in [6.45, 7) is 4.50. The van der Waals surface area contributed by atoms with Gasteiger partial charge in [-0.25, -0.2) is 24.3 Å². The quantitative estimate of drug-likeness (QED) is 0.391. The molecule has 0 amide bonds. The van der Waals surface area contributed by atoms with E-state index in [-0.39, 0.29) is 21.1 Å². The third kappa shape index (κ3) is 11.1. The Balaban J connectivity index is 0. The van der Waals surface area contributed by atoms with Crippen LogP contribution in [0.25, 0.3) is 0 Å². The molecule has 0 fully saturated rings. The molecule has 0 unspecified atom stereocenters. The van der Waals surface area contributed by atoms with Gasteiger partial charge in [0.15, 0.2) is 0 Å². The van der Waals surface area contributed by atoms with E-state index in [1.54, 1.807) is 0 Å². The van der Waals surface area contributed by atoms with Gasteiger partial charge in [-0.1, -0.05) is 0 Å². The summed E-state index contributed by atoms with van der Waals surface area (Å²) < 4.78 is 7.50. The van der Waals surface area contributed by atoms with Crippen LogP contribution < -0.4 is 0 Å². The van der Waals surface area contributed by atoms with E-state index >= 15 is 0 Å². The molecule has 0 aliphatic rings. The molecule has 0 spiro atoms. The van der Waals surface area contributed by atoms with E-state index in [0.717, 1.165) is 0 Å². The Hall–Kier alpha value is -0.872. The van der Waals surface area contributed by atoms with Crippen LogP contribution in [0.4, 0.5) is 0 Å². The zero-order chi connectivity index (χ0) is 9.07.